The number of nitrogens with one attached hydrogen (secondary N) is 2. The summed E-state index contributed by atoms with van der Waals surface area (Å²) in [6.45, 7) is 4.08. The van der Waals surface area contributed by atoms with Gasteiger partial charge in [-0.1, -0.05) is 32.0 Å². The van der Waals surface area contributed by atoms with E-state index in [0.717, 1.165) is 35.7 Å². The Labute approximate surface area is 157 Å². The van der Waals surface area contributed by atoms with Crippen LogP contribution in [0.5, 0.6) is 0 Å². The molecule has 0 saturated carbocycles. The van der Waals surface area contributed by atoms with Crippen molar-refractivity contribution in [2.24, 2.45) is 0 Å². The van der Waals surface area contributed by atoms with Gasteiger partial charge >= 0.3 is 0 Å². The van der Waals surface area contributed by atoms with Crippen LogP contribution in [0.2, 0.25) is 0 Å². The molecule has 2 amide bonds. The Morgan fingerprint density at radius 2 is 1.48 bits per heavy atom. The molecule has 6 heteroatoms. The zero-order chi connectivity index (χ0) is 19.8. The lowest BCUT2D eigenvalue weighted by Gasteiger charge is -2.14. The molecule has 6 nitrogen and oxygen atoms in total. The Hall–Kier alpha value is -3.41. The first-order valence-electron chi connectivity index (χ1n) is 8.66. The first kappa shape index (κ1) is 19.9. The zero-order valence-corrected chi connectivity index (χ0v) is 15.2. The SMILES string of the molecule is CCc1cccc(CC)c1NC(=O)c1ccc(NC(=O)C=CC(=O)[O-])cc1. The third-order valence-corrected chi connectivity index (χ3v) is 4.02. The molecule has 2 rings (SSSR count). The highest BCUT2D eigenvalue weighted by molar-refractivity contribution is 6.06. The van der Waals surface area contributed by atoms with E-state index in [4.69, 9.17) is 0 Å². The van der Waals surface area contributed by atoms with Gasteiger partial charge in [0, 0.05) is 23.0 Å². The van der Waals surface area contributed by atoms with Crippen molar-refractivity contribution in [3.8, 4) is 0 Å². The van der Waals surface area contributed by atoms with Crippen LogP contribution in [0.1, 0.15) is 35.3 Å². The van der Waals surface area contributed by atoms with E-state index in [0.29, 0.717) is 17.3 Å². The second-order valence-electron chi connectivity index (χ2n) is 5.83. The molecule has 0 unspecified atom stereocenters. The third-order valence-electron chi connectivity index (χ3n) is 4.02. The van der Waals surface area contributed by atoms with E-state index in [9.17, 15) is 19.5 Å². The Kier molecular flexibility index (Phi) is 6.88. The molecule has 0 radical (unpaired) electrons. The summed E-state index contributed by atoms with van der Waals surface area (Å²) in [5.41, 5.74) is 3.89. The number of aliphatic carboxylic acids is 1. The van der Waals surface area contributed by atoms with E-state index in [1.807, 2.05) is 32.0 Å². The Morgan fingerprint density at radius 3 is 2.00 bits per heavy atom. The molecular formula is C21H21N2O4-. The quantitative estimate of drug-likeness (QED) is 0.736. The van der Waals surface area contributed by atoms with E-state index in [1.165, 1.54) is 0 Å². The molecule has 0 spiro atoms. The fourth-order valence-electron chi connectivity index (χ4n) is 2.62. The summed E-state index contributed by atoms with van der Waals surface area (Å²) in [6.07, 6.45) is 3.14. The van der Waals surface area contributed by atoms with Crippen LogP contribution in [0.25, 0.3) is 0 Å². The molecule has 2 N–H and O–H groups in total. The summed E-state index contributed by atoms with van der Waals surface area (Å²) in [6, 6.07) is 12.3. The fourth-order valence-corrected chi connectivity index (χ4v) is 2.62. The number of para-hydroxylation sites is 1. The highest BCUT2D eigenvalue weighted by Gasteiger charge is 2.12. The maximum Gasteiger partial charge on any atom is 0.255 e. The lowest BCUT2D eigenvalue weighted by molar-refractivity contribution is -0.297. The Morgan fingerprint density at radius 1 is 0.889 bits per heavy atom. The summed E-state index contributed by atoms with van der Waals surface area (Å²) in [4.78, 5) is 34.4. The number of anilines is 2. The minimum Gasteiger partial charge on any atom is -0.545 e. The molecular weight excluding hydrogens is 344 g/mol. The fraction of sp³-hybridized carbons (Fsp3) is 0.190. The predicted molar refractivity (Wildman–Crippen MR) is 102 cm³/mol. The van der Waals surface area contributed by atoms with Gasteiger partial charge in [0.1, 0.15) is 0 Å². The summed E-state index contributed by atoms with van der Waals surface area (Å²) >= 11 is 0. The Bertz CT molecular complexity index is 848. The van der Waals surface area contributed by atoms with E-state index in [-0.39, 0.29) is 5.91 Å². The third kappa shape index (κ3) is 5.54. The maximum absolute atomic E-state index is 12.6. The first-order valence-corrected chi connectivity index (χ1v) is 8.66. The van der Waals surface area contributed by atoms with Gasteiger partial charge in [0.05, 0.1) is 5.97 Å². The van der Waals surface area contributed by atoms with Crippen LogP contribution in [-0.2, 0) is 22.4 Å². The standard InChI is InChI=1S/C21H22N2O4/c1-3-14-6-5-7-15(4-2)20(14)23-21(27)16-8-10-17(11-9-16)22-18(24)12-13-19(25)26/h5-13H,3-4H2,1-2H3,(H,22,24)(H,23,27)(H,25,26)/p-1. The molecule has 140 valence electrons. The van der Waals surface area contributed by atoms with E-state index >= 15 is 0 Å². The minimum atomic E-state index is -1.45. The van der Waals surface area contributed by atoms with Crippen LogP contribution in [0, 0.1) is 0 Å². The molecule has 0 saturated heterocycles. The van der Waals surface area contributed by atoms with Crippen molar-refractivity contribution in [3.05, 3.63) is 71.3 Å². The average Bonchev–Trinajstić information content (AvgIpc) is 2.67. The summed E-state index contributed by atoms with van der Waals surface area (Å²) in [7, 11) is 0. The molecule has 0 aliphatic heterocycles. The van der Waals surface area contributed by atoms with Crippen LogP contribution in [-0.4, -0.2) is 17.8 Å². The van der Waals surface area contributed by atoms with Crippen LogP contribution in [0.3, 0.4) is 0 Å². The van der Waals surface area contributed by atoms with E-state index < -0.39 is 11.9 Å². The number of carboxylic acid groups (broad SMARTS) is 1. The van der Waals surface area contributed by atoms with Gasteiger partial charge in [-0.05, 0) is 54.3 Å². The van der Waals surface area contributed by atoms with Gasteiger partial charge in [-0.3, -0.25) is 9.59 Å². The summed E-state index contributed by atoms with van der Waals surface area (Å²) in [5, 5.41) is 15.8. The van der Waals surface area contributed by atoms with Crippen molar-refractivity contribution in [3.63, 3.8) is 0 Å². The molecule has 0 heterocycles. The van der Waals surface area contributed by atoms with E-state index in [1.54, 1.807) is 24.3 Å². The van der Waals surface area contributed by atoms with Crippen molar-refractivity contribution >= 4 is 29.2 Å². The van der Waals surface area contributed by atoms with Gasteiger partial charge in [0.25, 0.3) is 5.91 Å². The number of hydrogen-bond donors (Lipinski definition) is 2. The van der Waals surface area contributed by atoms with Crippen LogP contribution >= 0.6 is 0 Å². The number of carboxylic acids is 1. The van der Waals surface area contributed by atoms with Crippen molar-refractivity contribution in [2.75, 3.05) is 10.6 Å². The monoisotopic (exact) mass is 365 g/mol. The molecule has 0 aromatic heterocycles. The maximum atomic E-state index is 12.6. The number of aryl methyl sites for hydroxylation is 2. The summed E-state index contributed by atoms with van der Waals surface area (Å²) in [5.74, 6) is -2.28. The summed E-state index contributed by atoms with van der Waals surface area (Å²) < 4.78 is 0. The smallest absolute Gasteiger partial charge is 0.255 e. The lowest BCUT2D eigenvalue weighted by Crippen LogP contribution is -2.20. The number of carbonyl (C=O) groups excluding carboxylic acids is 3. The number of rotatable bonds is 7. The van der Waals surface area contributed by atoms with Crippen LogP contribution in [0.4, 0.5) is 11.4 Å². The predicted octanol–water partition coefficient (Wildman–Crippen LogP) is 2.31. The van der Waals surface area contributed by atoms with Crippen LogP contribution in [0.15, 0.2) is 54.6 Å². The zero-order valence-electron chi connectivity index (χ0n) is 15.2. The largest absolute Gasteiger partial charge is 0.545 e. The molecule has 0 fully saturated rings. The second-order valence-corrected chi connectivity index (χ2v) is 5.83. The van der Waals surface area contributed by atoms with Gasteiger partial charge in [-0.15, -0.1) is 0 Å². The average molecular weight is 365 g/mol. The van der Waals surface area contributed by atoms with Crippen molar-refractivity contribution < 1.29 is 19.5 Å². The molecule has 2 aromatic carbocycles. The molecule has 0 aliphatic carbocycles. The number of benzene rings is 2. The van der Waals surface area contributed by atoms with Gasteiger partial charge in [-0.2, -0.15) is 0 Å². The number of hydrogen-bond acceptors (Lipinski definition) is 4. The normalized spacial score (nSPS) is 10.6. The van der Waals surface area contributed by atoms with Crippen LogP contribution < -0.4 is 15.7 Å². The molecule has 0 aliphatic rings. The minimum absolute atomic E-state index is 0.236. The molecule has 0 bridgehead atoms. The van der Waals surface area contributed by atoms with Crippen molar-refractivity contribution in [2.45, 2.75) is 26.7 Å². The van der Waals surface area contributed by atoms with Crippen molar-refractivity contribution in [1.29, 1.82) is 0 Å². The molecule has 0 atom stereocenters. The van der Waals surface area contributed by atoms with Crippen molar-refractivity contribution in [1.82, 2.24) is 0 Å². The molecule has 2 aromatic rings. The lowest BCUT2D eigenvalue weighted by atomic mass is 10.0. The highest BCUT2D eigenvalue weighted by atomic mass is 16.4. The molecule has 27 heavy (non-hydrogen) atoms. The Balaban J connectivity index is 2.10. The van der Waals surface area contributed by atoms with Gasteiger partial charge in [-0.25, -0.2) is 0 Å². The highest BCUT2D eigenvalue weighted by Crippen LogP contribution is 2.23. The van der Waals surface area contributed by atoms with E-state index in [2.05, 4.69) is 10.6 Å². The second kappa shape index (κ2) is 9.33. The first-order chi connectivity index (χ1) is 12.9. The van der Waals surface area contributed by atoms with Gasteiger partial charge in [0.2, 0.25) is 5.91 Å². The van der Waals surface area contributed by atoms with Gasteiger partial charge < -0.3 is 20.5 Å². The number of carbonyl (C=O) groups is 3. The number of amides is 2. The van der Waals surface area contributed by atoms with Gasteiger partial charge in [0.15, 0.2) is 0 Å². The topological polar surface area (TPSA) is 98.3 Å².